The van der Waals surface area contributed by atoms with E-state index in [1.54, 1.807) is 31.3 Å². The molecule has 25 heavy (non-hydrogen) atoms. The minimum Gasteiger partial charge on any atom is -0.497 e. The maximum Gasteiger partial charge on any atom is 0.254 e. The molecule has 1 amide bonds. The zero-order chi connectivity index (χ0) is 18.0. The summed E-state index contributed by atoms with van der Waals surface area (Å²) in [5, 5.41) is 0. The Balaban J connectivity index is 1.87. The molecule has 0 unspecified atom stereocenters. The number of hydrogen-bond donors (Lipinski definition) is 1. The molecule has 0 aromatic heterocycles. The number of rotatable bonds is 5. The Morgan fingerprint density at radius 3 is 2.40 bits per heavy atom. The number of carbonyl (C=O) groups excluding carboxylic acids is 1. The zero-order valence-electron chi connectivity index (χ0n) is 14.3. The summed E-state index contributed by atoms with van der Waals surface area (Å²) in [4.78, 5) is 14.6. The molecule has 0 saturated heterocycles. The van der Waals surface area contributed by atoms with Crippen molar-refractivity contribution in [2.24, 2.45) is 5.73 Å². The van der Waals surface area contributed by atoms with Gasteiger partial charge in [-0.2, -0.15) is 0 Å². The second-order valence-corrected chi connectivity index (χ2v) is 6.00. The van der Waals surface area contributed by atoms with Gasteiger partial charge >= 0.3 is 0 Å². The number of methoxy groups -OCH3 is 2. The van der Waals surface area contributed by atoms with E-state index >= 15 is 0 Å². The van der Waals surface area contributed by atoms with Gasteiger partial charge in [0.15, 0.2) is 0 Å². The number of fused-ring (bicyclic) bond motifs is 1. The van der Waals surface area contributed by atoms with Crippen molar-refractivity contribution in [2.75, 3.05) is 20.8 Å². The highest BCUT2D eigenvalue weighted by Gasteiger charge is 2.26. The standard InChI is InChI=1S/C19H21FN2O3/c1-24-15-5-12(6-16(9-15)25-2)11-22-4-3-13-8-18(20)14(10-21)7-17(13)19(22)23/h5-9H,3-4,10-11,21H2,1-2H3. The van der Waals surface area contributed by atoms with Crippen molar-refractivity contribution >= 4 is 5.91 Å². The molecule has 0 fully saturated rings. The van der Waals surface area contributed by atoms with Gasteiger partial charge in [-0.15, -0.1) is 0 Å². The molecule has 1 aliphatic heterocycles. The molecule has 0 aliphatic carbocycles. The van der Waals surface area contributed by atoms with E-state index in [1.165, 1.54) is 6.07 Å². The average molecular weight is 344 g/mol. The van der Waals surface area contributed by atoms with Crippen LogP contribution in [-0.4, -0.2) is 31.6 Å². The lowest BCUT2D eigenvalue weighted by molar-refractivity contribution is 0.0726. The summed E-state index contributed by atoms with van der Waals surface area (Å²) < 4.78 is 24.4. The van der Waals surface area contributed by atoms with Gasteiger partial charge in [0.1, 0.15) is 17.3 Å². The molecule has 0 spiro atoms. The van der Waals surface area contributed by atoms with Gasteiger partial charge in [0.25, 0.3) is 5.91 Å². The molecule has 0 bridgehead atoms. The number of hydrogen-bond acceptors (Lipinski definition) is 4. The van der Waals surface area contributed by atoms with E-state index in [0.29, 0.717) is 42.1 Å². The SMILES string of the molecule is COc1cc(CN2CCc3cc(F)c(CN)cc3C2=O)cc(OC)c1. The van der Waals surface area contributed by atoms with E-state index in [0.717, 1.165) is 11.1 Å². The highest BCUT2D eigenvalue weighted by molar-refractivity contribution is 5.97. The maximum absolute atomic E-state index is 13.9. The van der Waals surface area contributed by atoms with Crippen LogP contribution in [0, 0.1) is 5.82 Å². The second-order valence-electron chi connectivity index (χ2n) is 6.00. The van der Waals surface area contributed by atoms with Crippen LogP contribution in [0.15, 0.2) is 30.3 Å². The number of benzene rings is 2. The molecule has 5 nitrogen and oxygen atoms in total. The summed E-state index contributed by atoms with van der Waals surface area (Å²) in [5.74, 6) is 0.885. The van der Waals surface area contributed by atoms with Gasteiger partial charge in [-0.1, -0.05) is 0 Å². The Morgan fingerprint density at radius 2 is 1.80 bits per heavy atom. The largest absolute Gasteiger partial charge is 0.497 e. The van der Waals surface area contributed by atoms with Crippen molar-refractivity contribution in [1.82, 2.24) is 4.90 Å². The zero-order valence-corrected chi connectivity index (χ0v) is 14.3. The highest BCUT2D eigenvalue weighted by Crippen LogP contribution is 2.27. The first-order chi connectivity index (χ1) is 12.0. The first kappa shape index (κ1) is 17.2. The van der Waals surface area contributed by atoms with Crippen LogP contribution in [-0.2, 0) is 19.5 Å². The molecule has 0 atom stereocenters. The average Bonchev–Trinajstić information content (AvgIpc) is 2.63. The van der Waals surface area contributed by atoms with Crippen LogP contribution in [0.25, 0.3) is 0 Å². The lowest BCUT2D eigenvalue weighted by atomic mass is 9.95. The fraction of sp³-hybridized carbons (Fsp3) is 0.316. The normalized spacial score (nSPS) is 13.6. The third-order valence-corrected chi connectivity index (χ3v) is 4.45. The van der Waals surface area contributed by atoms with E-state index in [1.807, 2.05) is 12.1 Å². The molecular formula is C19H21FN2O3. The lowest BCUT2D eigenvalue weighted by Gasteiger charge is -2.29. The van der Waals surface area contributed by atoms with Crippen LogP contribution in [0.5, 0.6) is 11.5 Å². The summed E-state index contributed by atoms with van der Waals surface area (Å²) in [6.45, 7) is 1.04. The second kappa shape index (κ2) is 7.11. The molecule has 6 heteroatoms. The summed E-state index contributed by atoms with van der Waals surface area (Å²) in [5.41, 5.74) is 8.09. The van der Waals surface area contributed by atoms with Gasteiger partial charge in [0.2, 0.25) is 0 Å². The molecule has 132 valence electrons. The number of amides is 1. The van der Waals surface area contributed by atoms with Crippen LogP contribution < -0.4 is 15.2 Å². The Kier molecular flexibility index (Phi) is 4.90. The lowest BCUT2D eigenvalue weighted by Crippen LogP contribution is -2.37. The minimum atomic E-state index is -0.347. The predicted molar refractivity (Wildman–Crippen MR) is 92.3 cm³/mol. The van der Waals surface area contributed by atoms with E-state index in [-0.39, 0.29) is 18.3 Å². The van der Waals surface area contributed by atoms with E-state index < -0.39 is 0 Å². The van der Waals surface area contributed by atoms with Crippen LogP contribution in [0.3, 0.4) is 0 Å². The summed E-state index contributed by atoms with van der Waals surface area (Å²) in [7, 11) is 3.17. The molecule has 0 saturated carbocycles. The van der Waals surface area contributed by atoms with Crippen LogP contribution >= 0.6 is 0 Å². The van der Waals surface area contributed by atoms with E-state index in [9.17, 15) is 9.18 Å². The summed E-state index contributed by atoms with van der Waals surface area (Å²) >= 11 is 0. The predicted octanol–water partition coefficient (Wildman–Crippen LogP) is 2.50. The molecular weight excluding hydrogens is 323 g/mol. The van der Waals surface area contributed by atoms with Crippen molar-refractivity contribution in [1.29, 1.82) is 0 Å². The Hall–Kier alpha value is -2.60. The van der Waals surface area contributed by atoms with Crippen LogP contribution in [0.4, 0.5) is 4.39 Å². The van der Waals surface area contributed by atoms with Gasteiger partial charge < -0.3 is 20.1 Å². The molecule has 0 radical (unpaired) electrons. The quantitative estimate of drug-likeness (QED) is 0.905. The third-order valence-electron chi connectivity index (χ3n) is 4.45. The molecule has 2 aromatic carbocycles. The number of carbonyl (C=O) groups is 1. The van der Waals surface area contributed by atoms with Crippen molar-refractivity contribution in [3.8, 4) is 11.5 Å². The fourth-order valence-electron chi connectivity index (χ4n) is 3.08. The van der Waals surface area contributed by atoms with Crippen molar-refractivity contribution in [2.45, 2.75) is 19.5 Å². The molecule has 3 rings (SSSR count). The number of halogens is 1. The Morgan fingerprint density at radius 1 is 1.12 bits per heavy atom. The first-order valence-electron chi connectivity index (χ1n) is 8.08. The molecule has 2 aromatic rings. The topological polar surface area (TPSA) is 64.8 Å². The monoisotopic (exact) mass is 344 g/mol. The van der Waals surface area contributed by atoms with Crippen molar-refractivity contribution < 1.29 is 18.7 Å². The van der Waals surface area contributed by atoms with Crippen LogP contribution in [0.1, 0.15) is 27.0 Å². The highest BCUT2D eigenvalue weighted by atomic mass is 19.1. The van der Waals surface area contributed by atoms with Gasteiger partial charge in [-0.3, -0.25) is 4.79 Å². The van der Waals surface area contributed by atoms with Crippen LogP contribution in [0.2, 0.25) is 0 Å². The Bertz CT molecular complexity index is 785. The minimum absolute atomic E-state index is 0.0689. The number of ether oxygens (including phenoxy) is 2. The third kappa shape index (κ3) is 3.44. The number of nitrogens with two attached hydrogens (primary N) is 1. The maximum atomic E-state index is 13.9. The molecule has 2 N–H and O–H groups in total. The van der Waals surface area contributed by atoms with Gasteiger partial charge in [-0.05, 0) is 41.8 Å². The van der Waals surface area contributed by atoms with Gasteiger partial charge in [-0.25, -0.2) is 4.39 Å². The molecule has 1 heterocycles. The van der Waals surface area contributed by atoms with Gasteiger partial charge in [0.05, 0.1) is 14.2 Å². The summed E-state index contributed by atoms with van der Waals surface area (Å²) in [6.07, 6.45) is 0.615. The van der Waals surface area contributed by atoms with Gasteiger partial charge in [0, 0.05) is 36.8 Å². The first-order valence-corrected chi connectivity index (χ1v) is 8.08. The van der Waals surface area contributed by atoms with E-state index in [2.05, 4.69) is 0 Å². The molecule has 1 aliphatic rings. The van der Waals surface area contributed by atoms with E-state index in [4.69, 9.17) is 15.2 Å². The fourth-order valence-corrected chi connectivity index (χ4v) is 3.08. The van der Waals surface area contributed by atoms with Crippen molar-refractivity contribution in [3.05, 3.63) is 58.4 Å². The summed E-state index contributed by atoms with van der Waals surface area (Å²) in [6, 6.07) is 8.54. The smallest absolute Gasteiger partial charge is 0.254 e. The van der Waals surface area contributed by atoms with Crippen molar-refractivity contribution in [3.63, 3.8) is 0 Å². The number of nitrogens with zero attached hydrogens (tertiary/aromatic N) is 1. The Labute approximate surface area is 146 Å².